The van der Waals surface area contributed by atoms with E-state index in [-0.39, 0.29) is 23.6 Å². The van der Waals surface area contributed by atoms with Crippen molar-refractivity contribution in [2.45, 2.75) is 52.5 Å². The van der Waals surface area contributed by atoms with Crippen molar-refractivity contribution < 1.29 is 9.90 Å². The normalized spacial score (nSPS) is 12.4. The Bertz CT molecular complexity index is 408. The van der Waals surface area contributed by atoms with Crippen LogP contribution in [0.1, 0.15) is 58.1 Å². The Balaban J connectivity index is 2.78. The van der Waals surface area contributed by atoms with Crippen LogP contribution >= 0.6 is 0 Å². The van der Waals surface area contributed by atoms with E-state index in [1.165, 1.54) is 0 Å². The largest absolute Gasteiger partial charge is 0.508 e. The Hall–Kier alpha value is -1.51. The van der Waals surface area contributed by atoms with Crippen molar-refractivity contribution in [2.24, 2.45) is 5.92 Å². The van der Waals surface area contributed by atoms with Gasteiger partial charge in [-0.25, -0.2) is 0 Å². The third kappa shape index (κ3) is 4.26. The Morgan fingerprint density at radius 2 is 1.65 bits per heavy atom. The molecule has 0 bridgehead atoms. The number of benzene rings is 1. The molecule has 0 saturated carbocycles. The summed E-state index contributed by atoms with van der Waals surface area (Å²) in [7, 11) is 1.87. The van der Waals surface area contributed by atoms with Crippen LogP contribution in [-0.4, -0.2) is 23.0 Å². The highest BCUT2D eigenvalue weighted by atomic mass is 16.3. The summed E-state index contributed by atoms with van der Waals surface area (Å²) < 4.78 is 0. The van der Waals surface area contributed by atoms with Crippen LogP contribution in [0.25, 0.3) is 0 Å². The fourth-order valence-corrected chi connectivity index (χ4v) is 2.54. The highest BCUT2D eigenvalue weighted by molar-refractivity contribution is 5.79. The molecule has 3 nitrogen and oxygen atoms in total. The minimum Gasteiger partial charge on any atom is -0.508 e. The van der Waals surface area contributed by atoms with Crippen molar-refractivity contribution in [2.75, 3.05) is 7.05 Å². The summed E-state index contributed by atoms with van der Waals surface area (Å²) >= 11 is 0. The van der Waals surface area contributed by atoms with Gasteiger partial charge in [-0.1, -0.05) is 38.8 Å². The Morgan fingerprint density at radius 3 is 2.10 bits per heavy atom. The number of phenols is 1. The van der Waals surface area contributed by atoms with Gasteiger partial charge in [0.2, 0.25) is 5.91 Å². The van der Waals surface area contributed by atoms with E-state index < -0.39 is 0 Å². The summed E-state index contributed by atoms with van der Waals surface area (Å²) in [5, 5.41) is 9.33. The molecule has 1 aromatic carbocycles. The number of nitrogens with zero attached hydrogens (tertiary/aromatic N) is 1. The predicted molar refractivity (Wildman–Crippen MR) is 82.6 cm³/mol. The van der Waals surface area contributed by atoms with Gasteiger partial charge in [-0.15, -0.1) is 0 Å². The second-order valence-corrected chi connectivity index (χ2v) is 5.49. The average Bonchev–Trinajstić information content (AvgIpc) is 2.45. The molecule has 0 heterocycles. The van der Waals surface area contributed by atoms with Crippen LogP contribution in [0, 0.1) is 5.92 Å². The van der Waals surface area contributed by atoms with Crippen LogP contribution in [0.5, 0.6) is 5.75 Å². The Kier molecular flexibility index (Phi) is 6.56. The molecule has 0 aliphatic rings. The van der Waals surface area contributed by atoms with E-state index in [0.29, 0.717) is 0 Å². The van der Waals surface area contributed by atoms with E-state index in [1.54, 1.807) is 12.1 Å². The van der Waals surface area contributed by atoms with Crippen molar-refractivity contribution in [3.8, 4) is 5.75 Å². The summed E-state index contributed by atoms with van der Waals surface area (Å²) in [5.41, 5.74) is 1.05. The maximum absolute atomic E-state index is 12.6. The summed E-state index contributed by atoms with van der Waals surface area (Å²) in [6, 6.07) is 7.11. The molecule has 0 fully saturated rings. The Labute approximate surface area is 122 Å². The summed E-state index contributed by atoms with van der Waals surface area (Å²) in [5.74, 6) is 0.619. The van der Waals surface area contributed by atoms with Crippen molar-refractivity contribution in [3.63, 3.8) is 0 Å². The molecule has 0 spiro atoms. The highest BCUT2D eigenvalue weighted by Gasteiger charge is 2.24. The minimum absolute atomic E-state index is 0.0271. The molecule has 20 heavy (non-hydrogen) atoms. The average molecular weight is 277 g/mol. The van der Waals surface area contributed by atoms with Gasteiger partial charge in [0.05, 0.1) is 6.04 Å². The molecule has 1 atom stereocenters. The van der Waals surface area contributed by atoms with Gasteiger partial charge in [0, 0.05) is 13.0 Å². The molecule has 1 unspecified atom stereocenters. The summed E-state index contributed by atoms with van der Waals surface area (Å²) in [6.45, 7) is 6.28. The monoisotopic (exact) mass is 277 g/mol. The van der Waals surface area contributed by atoms with Crippen LogP contribution in [0.2, 0.25) is 0 Å². The van der Waals surface area contributed by atoms with E-state index in [1.807, 2.05) is 31.0 Å². The minimum atomic E-state index is 0.0271. The first kappa shape index (κ1) is 16.5. The van der Waals surface area contributed by atoms with Crippen molar-refractivity contribution in [1.29, 1.82) is 0 Å². The fourth-order valence-electron chi connectivity index (χ4n) is 2.54. The van der Waals surface area contributed by atoms with Crippen LogP contribution in [-0.2, 0) is 4.79 Å². The van der Waals surface area contributed by atoms with Gasteiger partial charge >= 0.3 is 0 Å². The number of aromatic hydroxyl groups is 1. The van der Waals surface area contributed by atoms with Crippen LogP contribution in [0.15, 0.2) is 24.3 Å². The van der Waals surface area contributed by atoms with E-state index >= 15 is 0 Å². The van der Waals surface area contributed by atoms with Crippen molar-refractivity contribution in [1.82, 2.24) is 4.90 Å². The number of carbonyl (C=O) groups is 1. The smallest absolute Gasteiger partial charge is 0.225 e. The number of carbonyl (C=O) groups excluding carboxylic acids is 1. The Morgan fingerprint density at radius 1 is 1.15 bits per heavy atom. The highest BCUT2D eigenvalue weighted by Crippen LogP contribution is 2.25. The fraction of sp³-hybridized carbons (Fsp3) is 0.588. The van der Waals surface area contributed by atoms with Gasteiger partial charge in [-0.05, 0) is 37.5 Å². The zero-order chi connectivity index (χ0) is 15.1. The van der Waals surface area contributed by atoms with E-state index in [9.17, 15) is 9.90 Å². The first-order valence-electron chi connectivity index (χ1n) is 7.56. The quantitative estimate of drug-likeness (QED) is 0.814. The van der Waals surface area contributed by atoms with E-state index in [4.69, 9.17) is 0 Å². The number of hydrogen-bond acceptors (Lipinski definition) is 2. The lowest BCUT2D eigenvalue weighted by molar-refractivity contribution is -0.136. The topological polar surface area (TPSA) is 40.5 Å². The second-order valence-electron chi connectivity index (χ2n) is 5.49. The summed E-state index contributed by atoms with van der Waals surface area (Å²) in [4.78, 5) is 14.4. The predicted octanol–water partition coefficient (Wildman–Crippen LogP) is 4.13. The number of hydrogen-bond donors (Lipinski definition) is 1. The molecule has 0 radical (unpaired) electrons. The van der Waals surface area contributed by atoms with Gasteiger partial charge < -0.3 is 10.0 Å². The third-order valence-electron chi connectivity index (χ3n) is 3.93. The van der Waals surface area contributed by atoms with Crippen LogP contribution in [0.3, 0.4) is 0 Å². The van der Waals surface area contributed by atoms with Gasteiger partial charge in [-0.2, -0.15) is 0 Å². The number of rotatable bonds is 7. The third-order valence-corrected chi connectivity index (χ3v) is 3.93. The molecule has 0 aliphatic heterocycles. The lowest BCUT2D eigenvalue weighted by Crippen LogP contribution is -2.35. The first-order chi connectivity index (χ1) is 9.51. The van der Waals surface area contributed by atoms with E-state index in [0.717, 1.165) is 31.2 Å². The number of amides is 1. The number of phenolic OH excluding ortho intramolecular Hbond substituents is 1. The van der Waals surface area contributed by atoms with Crippen molar-refractivity contribution in [3.05, 3.63) is 29.8 Å². The molecule has 112 valence electrons. The molecule has 3 heteroatoms. The maximum atomic E-state index is 12.6. The van der Waals surface area contributed by atoms with Gasteiger partial charge in [0.15, 0.2) is 0 Å². The molecule has 1 amide bonds. The SMILES string of the molecule is CCCC(CCC)C(=O)N(C)C(C)c1ccc(O)cc1. The molecular formula is C17H27NO2. The molecule has 0 aromatic heterocycles. The van der Waals surface area contributed by atoms with E-state index in [2.05, 4.69) is 13.8 Å². The first-order valence-corrected chi connectivity index (χ1v) is 7.56. The van der Waals surface area contributed by atoms with Gasteiger partial charge in [0.1, 0.15) is 5.75 Å². The standard InChI is InChI=1S/C17H27NO2/c1-5-7-15(8-6-2)17(20)18(4)13(3)14-9-11-16(19)12-10-14/h9-13,15,19H,5-8H2,1-4H3. The van der Waals surface area contributed by atoms with Gasteiger partial charge in [-0.3, -0.25) is 4.79 Å². The molecule has 1 aromatic rings. The van der Waals surface area contributed by atoms with Crippen LogP contribution in [0.4, 0.5) is 0 Å². The molecule has 1 N–H and O–H groups in total. The zero-order valence-electron chi connectivity index (χ0n) is 13.1. The molecular weight excluding hydrogens is 250 g/mol. The molecule has 0 saturated heterocycles. The second kappa shape index (κ2) is 7.93. The maximum Gasteiger partial charge on any atom is 0.225 e. The lowest BCUT2D eigenvalue weighted by atomic mass is 9.95. The molecule has 1 rings (SSSR count). The zero-order valence-corrected chi connectivity index (χ0v) is 13.1. The lowest BCUT2D eigenvalue weighted by Gasteiger charge is -2.29. The summed E-state index contributed by atoms with van der Waals surface area (Å²) in [6.07, 6.45) is 3.99. The van der Waals surface area contributed by atoms with Gasteiger partial charge in [0.25, 0.3) is 0 Å². The van der Waals surface area contributed by atoms with Crippen LogP contribution < -0.4 is 0 Å². The molecule has 0 aliphatic carbocycles. The van der Waals surface area contributed by atoms with Crippen molar-refractivity contribution >= 4 is 5.91 Å².